The molecule has 0 aliphatic carbocycles. The number of benzene rings is 3. The molecule has 210 valence electrons. The molecular weight excluding hydrogens is 542 g/mol. The van der Waals surface area contributed by atoms with Gasteiger partial charge >= 0.3 is 5.97 Å². The predicted molar refractivity (Wildman–Crippen MR) is 164 cm³/mol. The van der Waals surface area contributed by atoms with Crippen LogP contribution >= 0.6 is 23.4 Å². The van der Waals surface area contributed by atoms with E-state index in [9.17, 15) is 15.0 Å². The van der Waals surface area contributed by atoms with Gasteiger partial charge in [0.05, 0.1) is 22.2 Å². The Bertz CT molecular complexity index is 1480. The monoisotopic (exact) mass is 577 g/mol. The largest absolute Gasteiger partial charge is 0.487 e. The van der Waals surface area contributed by atoms with Crippen LogP contribution in [0.3, 0.4) is 0 Å². The van der Waals surface area contributed by atoms with E-state index < -0.39 is 17.0 Å². The minimum absolute atomic E-state index is 0.0398. The van der Waals surface area contributed by atoms with E-state index >= 15 is 0 Å². The second-order valence-corrected chi connectivity index (χ2v) is 12.9. The van der Waals surface area contributed by atoms with Crippen molar-refractivity contribution in [3.05, 3.63) is 106 Å². The van der Waals surface area contributed by atoms with E-state index in [1.165, 1.54) is 0 Å². The van der Waals surface area contributed by atoms with Crippen LogP contribution in [0.15, 0.2) is 78.9 Å². The molecule has 1 atom stereocenters. The number of fused-ring (bicyclic) bond motifs is 1. The molecular formula is C33H36ClNO4S. The zero-order valence-corrected chi connectivity index (χ0v) is 24.9. The fourth-order valence-corrected chi connectivity index (χ4v) is 6.04. The van der Waals surface area contributed by atoms with Crippen molar-refractivity contribution in [1.29, 1.82) is 0 Å². The SMILES string of the molecule is CC(C)(CSC(CCc1ccccc1C(C)(C)O)c1cccc(OCc2ccc3ccc(Cl)cc3n2)c1)C(=O)O. The zero-order valence-electron chi connectivity index (χ0n) is 23.4. The fourth-order valence-electron chi connectivity index (χ4n) is 4.51. The standard InChI is InChI=1S/C33H36ClNO4S/c1-32(2,31(36)37)21-40-30(17-14-22-8-5-6-11-28(22)33(3,4)38)24-9-7-10-27(18-24)39-20-26-16-13-23-12-15-25(34)19-29(23)35-26/h5-13,15-16,18-19,30,38H,14,17,20-21H2,1-4H3,(H,36,37). The van der Waals surface area contributed by atoms with Crippen LogP contribution in [0.25, 0.3) is 10.9 Å². The van der Waals surface area contributed by atoms with Gasteiger partial charge in [0, 0.05) is 21.4 Å². The molecule has 1 unspecified atom stereocenters. The molecule has 0 amide bonds. The molecule has 0 radical (unpaired) electrons. The Hall–Kier alpha value is -3.06. The average molecular weight is 578 g/mol. The van der Waals surface area contributed by atoms with E-state index in [4.69, 9.17) is 16.3 Å². The molecule has 0 saturated carbocycles. The lowest BCUT2D eigenvalue weighted by Gasteiger charge is -2.25. The normalized spacial score (nSPS) is 12.8. The minimum atomic E-state index is -0.944. The third-order valence-electron chi connectivity index (χ3n) is 6.91. The zero-order chi connectivity index (χ0) is 28.9. The van der Waals surface area contributed by atoms with E-state index in [1.807, 2.05) is 66.7 Å². The van der Waals surface area contributed by atoms with Crippen molar-refractivity contribution < 1.29 is 19.7 Å². The Morgan fingerprint density at radius 3 is 2.50 bits per heavy atom. The number of nitrogens with zero attached hydrogens (tertiary/aromatic N) is 1. The smallest absolute Gasteiger partial charge is 0.309 e. The molecule has 0 fully saturated rings. The summed E-state index contributed by atoms with van der Waals surface area (Å²) in [6.07, 6.45) is 1.53. The van der Waals surface area contributed by atoms with Crippen molar-refractivity contribution in [3.8, 4) is 5.75 Å². The second kappa shape index (κ2) is 12.6. The second-order valence-electron chi connectivity index (χ2n) is 11.2. The van der Waals surface area contributed by atoms with Gasteiger partial charge in [0.15, 0.2) is 0 Å². The summed E-state index contributed by atoms with van der Waals surface area (Å²) in [5.41, 5.74) is 2.90. The van der Waals surface area contributed by atoms with Crippen molar-refractivity contribution >= 4 is 40.2 Å². The van der Waals surface area contributed by atoms with E-state index in [0.29, 0.717) is 17.4 Å². The number of aliphatic carboxylic acids is 1. The number of carboxylic acids is 1. The summed E-state index contributed by atoms with van der Waals surface area (Å²) in [5.74, 6) is 0.382. The molecule has 5 nitrogen and oxygen atoms in total. The first-order valence-corrected chi connectivity index (χ1v) is 14.8. The van der Waals surface area contributed by atoms with Gasteiger partial charge in [-0.2, -0.15) is 11.8 Å². The first-order chi connectivity index (χ1) is 18.9. The van der Waals surface area contributed by atoms with Gasteiger partial charge in [-0.15, -0.1) is 0 Å². The summed E-state index contributed by atoms with van der Waals surface area (Å²) in [6, 6.07) is 25.6. The quantitative estimate of drug-likeness (QED) is 0.177. The van der Waals surface area contributed by atoms with Crippen LogP contribution in [0.5, 0.6) is 5.75 Å². The first-order valence-electron chi connectivity index (χ1n) is 13.4. The number of aromatic nitrogens is 1. The number of aryl methyl sites for hydroxylation is 1. The van der Waals surface area contributed by atoms with Gasteiger partial charge in [-0.1, -0.05) is 60.1 Å². The summed E-state index contributed by atoms with van der Waals surface area (Å²) < 4.78 is 6.14. The van der Waals surface area contributed by atoms with Crippen LogP contribution in [0.1, 0.15) is 61.7 Å². The highest BCUT2D eigenvalue weighted by Gasteiger charge is 2.29. The van der Waals surface area contributed by atoms with E-state index in [0.717, 1.165) is 51.9 Å². The summed E-state index contributed by atoms with van der Waals surface area (Å²) in [4.78, 5) is 16.5. The van der Waals surface area contributed by atoms with Gasteiger partial charge in [0.25, 0.3) is 0 Å². The summed E-state index contributed by atoms with van der Waals surface area (Å²) in [6.45, 7) is 7.42. The number of hydrogen-bond donors (Lipinski definition) is 2. The van der Waals surface area contributed by atoms with Crippen LogP contribution in [0.2, 0.25) is 5.02 Å². The lowest BCUT2D eigenvalue weighted by molar-refractivity contribution is -0.145. The number of pyridine rings is 1. The van der Waals surface area contributed by atoms with Crippen LogP contribution in [0, 0.1) is 5.41 Å². The van der Waals surface area contributed by atoms with E-state index in [2.05, 4.69) is 17.1 Å². The van der Waals surface area contributed by atoms with Gasteiger partial charge in [0.2, 0.25) is 0 Å². The molecule has 3 aromatic carbocycles. The average Bonchev–Trinajstić information content (AvgIpc) is 2.91. The number of thioether (sulfide) groups is 1. The number of carboxylic acid groups (broad SMARTS) is 1. The molecule has 0 aliphatic heterocycles. The fraction of sp³-hybridized carbons (Fsp3) is 0.333. The maximum Gasteiger partial charge on any atom is 0.309 e. The highest BCUT2D eigenvalue weighted by molar-refractivity contribution is 7.99. The lowest BCUT2D eigenvalue weighted by atomic mass is 9.90. The lowest BCUT2D eigenvalue weighted by Crippen LogP contribution is -2.26. The predicted octanol–water partition coefficient (Wildman–Crippen LogP) is 8.21. The van der Waals surface area contributed by atoms with E-state index in [1.54, 1.807) is 39.5 Å². The summed E-state index contributed by atoms with van der Waals surface area (Å²) >= 11 is 7.78. The molecule has 4 aromatic rings. The molecule has 2 N–H and O–H groups in total. The number of ether oxygens (including phenoxy) is 1. The van der Waals surface area contributed by atoms with Gasteiger partial charge in [-0.05, 0) is 87.6 Å². The van der Waals surface area contributed by atoms with Gasteiger partial charge in [-0.3, -0.25) is 4.79 Å². The first kappa shape index (κ1) is 29.9. The van der Waals surface area contributed by atoms with Gasteiger partial charge < -0.3 is 14.9 Å². The number of carbonyl (C=O) groups is 1. The molecule has 0 saturated heterocycles. The van der Waals surface area contributed by atoms with Crippen LogP contribution in [-0.4, -0.2) is 26.9 Å². The molecule has 4 rings (SSSR count). The summed E-state index contributed by atoms with van der Waals surface area (Å²) in [5, 5.41) is 22.1. The van der Waals surface area contributed by atoms with Crippen LogP contribution < -0.4 is 4.74 Å². The highest BCUT2D eigenvalue weighted by Crippen LogP contribution is 2.39. The Morgan fingerprint density at radius 2 is 1.75 bits per heavy atom. The Morgan fingerprint density at radius 1 is 1.00 bits per heavy atom. The molecule has 7 heteroatoms. The molecule has 0 bridgehead atoms. The maximum absolute atomic E-state index is 11.8. The van der Waals surface area contributed by atoms with Crippen molar-refractivity contribution in [2.75, 3.05) is 5.75 Å². The number of hydrogen-bond acceptors (Lipinski definition) is 5. The Labute approximate surface area is 245 Å². The minimum Gasteiger partial charge on any atom is -0.487 e. The Balaban J connectivity index is 1.53. The highest BCUT2D eigenvalue weighted by atomic mass is 35.5. The van der Waals surface area contributed by atoms with Crippen molar-refractivity contribution in [1.82, 2.24) is 4.98 Å². The topological polar surface area (TPSA) is 79.7 Å². The number of halogens is 1. The number of rotatable bonds is 12. The van der Waals surface area contributed by atoms with E-state index in [-0.39, 0.29) is 5.25 Å². The van der Waals surface area contributed by atoms with Gasteiger partial charge in [-0.25, -0.2) is 4.98 Å². The van der Waals surface area contributed by atoms with Crippen molar-refractivity contribution in [2.24, 2.45) is 5.41 Å². The molecule has 0 aliphatic rings. The van der Waals surface area contributed by atoms with Crippen molar-refractivity contribution in [2.45, 2.75) is 58.0 Å². The van der Waals surface area contributed by atoms with Gasteiger partial charge in [0.1, 0.15) is 12.4 Å². The molecule has 1 heterocycles. The maximum atomic E-state index is 11.8. The van der Waals surface area contributed by atoms with Crippen LogP contribution in [0.4, 0.5) is 0 Å². The number of aliphatic hydroxyl groups is 1. The van der Waals surface area contributed by atoms with Crippen LogP contribution in [-0.2, 0) is 23.4 Å². The summed E-state index contributed by atoms with van der Waals surface area (Å²) in [7, 11) is 0. The molecule has 1 aromatic heterocycles. The van der Waals surface area contributed by atoms with Crippen molar-refractivity contribution in [3.63, 3.8) is 0 Å². The third kappa shape index (κ3) is 7.78. The molecule has 0 spiro atoms. The molecule has 40 heavy (non-hydrogen) atoms. The Kier molecular flexibility index (Phi) is 9.44. The third-order valence-corrected chi connectivity index (χ3v) is 8.94.